The molecule has 0 saturated carbocycles. The summed E-state index contributed by atoms with van der Waals surface area (Å²) in [5.41, 5.74) is 6.76. The molecule has 3 nitrogen and oxygen atoms in total. The van der Waals surface area contributed by atoms with Crippen LogP contribution in [0.1, 0.15) is 22.3 Å². The third kappa shape index (κ3) is 4.38. The number of nitrogens with zero attached hydrogens (tertiary/aromatic N) is 1. The van der Waals surface area contributed by atoms with Gasteiger partial charge in [0.05, 0.1) is 11.7 Å². The van der Waals surface area contributed by atoms with E-state index in [9.17, 15) is 0 Å². The summed E-state index contributed by atoms with van der Waals surface area (Å²) >= 11 is 1.64. The standard InChI is InChI=1S/C25H24N2OS/c1-16-9-10-24(17(2)11-16)29-27-21-12-18(3)25(19(4)13-21)28-22-14-20-7-5-6-8-23(20)26-15-22/h5-15,27H,1-4H3. The average Bonchev–Trinajstić information content (AvgIpc) is 2.70. The van der Waals surface area contributed by atoms with E-state index < -0.39 is 0 Å². The van der Waals surface area contributed by atoms with Crippen molar-refractivity contribution in [1.82, 2.24) is 4.98 Å². The van der Waals surface area contributed by atoms with E-state index in [1.165, 1.54) is 16.0 Å². The molecule has 0 aliphatic carbocycles. The van der Waals surface area contributed by atoms with Crippen molar-refractivity contribution in [2.24, 2.45) is 0 Å². The Kier molecular flexibility index (Phi) is 5.45. The van der Waals surface area contributed by atoms with E-state index in [1.807, 2.05) is 30.3 Å². The topological polar surface area (TPSA) is 34.1 Å². The molecule has 3 aromatic carbocycles. The maximum atomic E-state index is 6.20. The summed E-state index contributed by atoms with van der Waals surface area (Å²) in [5, 5.41) is 1.07. The van der Waals surface area contributed by atoms with Gasteiger partial charge in [0.1, 0.15) is 11.5 Å². The number of hydrogen-bond acceptors (Lipinski definition) is 4. The van der Waals surface area contributed by atoms with Crippen LogP contribution in [-0.2, 0) is 0 Å². The molecule has 29 heavy (non-hydrogen) atoms. The van der Waals surface area contributed by atoms with Crippen LogP contribution in [-0.4, -0.2) is 4.98 Å². The van der Waals surface area contributed by atoms with Crippen LogP contribution in [0.25, 0.3) is 10.9 Å². The van der Waals surface area contributed by atoms with Crippen molar-refractivity contribution in [2.45, 2.75) is 32.6 Å². The lowest BCUT2D eigenvalue weighted by molar-refractivity contribution is 0.474. The Labute approximate surface area is 176 Å². The van der Waals surface area contributed by atoms with Gasteiger partial charge in [-0.1, -0.05) is 35.9 Å². The molecule has 0 amide bonds. The highest BCUT2D eigenvalue weighted by atomic mass is 32.2. The number of ether oxygens (including phenoxy) is 1. The lowest BCUT2D eigenvalue weighted by Gasteiger charge is -2.15. The van der Waals surface area contributed by atoms with Crippen molar-refractivity contribution in [3.8, 4) is 11.5 Å². The normalized spacial score (nSPS) is 10.9. The lowest BCUT2D eigenvalue weighted by Crippen LogP contribution is -1.95. The Balaban J connectivity index is 1.53. The second-order valence-corrected chi connectivity index (χ2v) is 8.23. The fraction of sp³-hybridized carbons (Fsp3) is 0.160. The summed E-state index contributed by atoms with van der Waals surface area (Å²) in [7, 11) is 0. The predicted molar refractivity (Wildman–Crippen MR) is 123 cm³/mol. The molecule has 4 heteroatoms. The number of fused-ring (bicyclic) bond motifs is 1. The second kappa shape index (κ2) is 8.18. The second-order valence-electron chi connectivity index (χ2n) is 7.38. The Morgan fingerprint density at radius 2 is 1.59 bits per heavy atom. The van der Waals surface area contributed by atoms with Crippen LogP contribution in [0.3, 0.4) is 0 Å². The van der Waals surface area contributed by atoms with Crippen LogP contribution in [0.2, 0.25) is 0 Å². The van der Waals surface area contributed by atoms with E-state index >= 15 is 0 Å². The van der Waals surface area contributed by atoms with E-state index in [-0.39, 0.29) is 0 Å². The molecule has 0 unspecified atom stereocenters. The molecule has 0 radical (unpaired) electrons. The lowest BCUT2D eigenvalue weighted by atomic mass is 10.1. The number of benzene rings is 3. The zero-order valence-corrected chi connectivity index (χ0v) is 17.9. The molecule has 1 aromatic heterocycles. The van der Waals surface area contributed by atoms with Crippen LogP contribution >= 0.6 is 11.9 Å². The van der Waals surface area contributed by atoms with E-state index in [0.29, 0.717) is 0 Å². The van der Waals surface area contributed by atoms with Gasteiger partial charge in [0.25, 0.3) is 0 Å². The first-order valence-electron chi connectivity index (χ1n) is 9.63. The Hall–Kier alpha value is -2.98. The number of aryl methyl sites for hydroxylation is 4. The third-order valence-corrected chi connectivity index (χ3v) is 5.87. The quantitative estimate of drug-likeness (QED) is 0.354. The third-order valence-electron chi connectivity index (χ3n) is 4.85. The average molecular weight is 401 g/mol. The van der Waals surface area contributed by atoms with Gasteiger partial charge in [-0.3, -0.25) is 4.98 Å². The van der Waals surface area contributed by atoms with Gasteiger partial charge in [-0.15, -0.1) is 0 Å². The van der Waals surface area contributed by atoms with Gasteiger partial charge in [-0.2, -0.15) is 0 Å². The van der Waals surface area contributed by atoms with Gasteiger partial charge in [0, 0.05) is 16.0 Å². The maximum absolute atomic E-state index is 6.20. The van der Waals surface area contributed by atoms with Crippen LogP contribution in [0.4, 0.5) is 5.69 Å². The highest BCUT2D eigenvalue weighted by molar-refractivity contribution is 8.00. The molecule has 4 aromatic rings. The highest BCUT2D eigenvalue weighted by Crippen LogP contribution is 2.34. The molecule has 4 rings (SSSR count). The van der Waals surface area contributed by atoms with Gasteiger partial charge in [-0.05, 0) is 86.7 Å². The van der Waals surface area contributed by atoms with Crippen molar-refractivity contribution in [2.75, 3.05) is 4.72 Å². The molecular weight excluding hydrogens is 376 g/mol. The largest absolute Gasteiger partial charge is 0.455 e. The SMILES string of the molecule is Cc1ccc(SNc2cc(C)c(Oc3cnc4ccccc4c3)c(C)c2)c(C)c1. The van der Waals surface area contributed by atoms with Gasteiger partial charge in [-0.25, -0.2) is 0 Å². The van der Waals surface area contributed by atoms with E-state index in [2.05, 4.69) is 67.7 Å². The van der Waals surface area contributed by atoms with Crippen molar-refractivity contribution < 1.29 is 4.74 Å². The van der Waals surface area contributed by atoms with Crippen LogP contribution < -0.4 is 9.46 Å². The summed E-state index contributed by atoms with van der Waals surface area (Å²) in [5.74, 6) is 1.63. The zero-order chi connectivity index (χ0) is 20.4. The Bertz CT molecular complexity index is 1160. The molecule has 146 valence electrons. The Morgan fingerprint density at radius 1 is 0.828 bits per heavy atom. The van der Waals surface area contributed by atoms with E-state index in [4.69, 9.17) is 4.74 Å². The number of pyridine rings is 1. The predicted octanol–water partition coefficient (Wildman–Crippen LogP) is 7.38. The van der Waals surface area contributed by atoms with Crippen molar-refractivity contribution in [1.29, 1.82) is 0 Å². The number of para-hydroxylation sites is 1. The van der Waals surface area contributed by atoms with Gasteiger partial charge >= 0.3 is 0 Å². The monoisotopic (exact) mass is 400 g/mol. The minimum atomic E-state index is 0.750. The van der Waals surface area contributed by atoms with Gasteiger partial charge in [0.2, 0.25) is 0 Å². The number of anilines is 1. The van der Waals surface area contributed by atoms with Crippen LogP contribution in [0, 0.1) is 27.7 Å². The number of aromatic nitrogens is 1. The zero-order valence-electron chi connectivity index (χ0n) is 17.1. The van der Waals surface area contributed by atoms with E-state index in [1.54, 1.807) is 18.1 Å². The minimum absolute atomic E-state index is 0.750. The minimum Gasteiger partial charge on any atom is -0.455 e. The molecule has 0 saturated heterocycles. The summed E-state index contributed by atoms with van der Waals surface area (Å²) < 4.78 is 9.67. The molecule has 0 aliphatic rings. The highest BCUT2D eigenvalue weighted by Gasteiger charge is 2.10. The molecular formula is C25H24N2OS. The van der Waals surface area contributed by atoms with Crippen molar-refractivity contribution >= 4 is 28.5 Å². The van der Waals surface area contributed by atoms with E-state index in [0.717, 1.165) is 39.2 Å². The molecule has 1 N–H and O–H groups in total. The summed E-state index contributed by atoms with van der Waals surface area (Å²) in [6.45, 7) is 8.40. The summed E-state index contributed by atoms with van der Waals surface area (Å²) in [4.78, 5) is 5.72. The molecule has 0 atom stereocenters. The summed E-state index contributed by atoms with van der Waals surface area (Å²) in [6, 6.07) is 20.8. The molecule has 0 fully saturated rings. The maximum Gasteiger partial charge on any atom is 0.146 e. The number of nitrogens with one attached hydrogen (secondary N) is 1. The first kappa shape index (κ1) is 19.3. The first-order chi connectivity index (χ1) is 14.0. The fourth-order valence-electron chi connectivity index (χ4n) is 3.42. The Morgan fingerprint density at radius 3 is 2.34 bits per heavy atom. The molecule has 0 aliphatic heterocycles. The van der Waals surface area contributed by atoms with Crippen molar-refractivity contribution in [3.05, 3.63) is 89.1 Å². The number of hydrogen-bond donors (Lipinski definition) is 1. The van der Waals surface area contributed by atoms with Crippen molar-refractivity contribution in [3.63, 3.8) is 0 Å². The molecule has 1 heterocycles. The van der Waals surface area contributed by atoms with Crippen LogP contribution in [0.15, 0.2) is 71.8 Å². The number of rotatable bonds is 5. The van der Waals surface area contributed by atoms with Gasteiger partial charge in [0.15, 0.2) is 0 Å². The first-order valence-corrected chi connectivity index (χ1v) is 10.5. The molecule has 0 bridgehead atoms. The van der Waals surface area contributed by atoms with Crippen LogP contribution in [0.5, 0.6) is 11.5 Å². The smallest absolute Gasteiger partial charge is 0.146 e. The fourth-order valence-corrected chi connectivity index (χ4v) is 4.12. The molecule has 0 spiro atoms. The summed E-state index contributed by atoms with van der Waals surface area (Å²) in [6.07, 6.45) is 1.78. The van der Waals surface area contributed by atoms with Gasteiger partial charge < -0.3 is 9.46 Å².